The number of carbonyl (C=O) groups is 1. The van der Waals surface area contributed by atoms with Gasteiger partial charge in [0.1, 0.15) is 0 Å². The summed E-state index contributed by atoms with van der Waals surface area (Å²) in [6, 6.07) is 0. The number of hydrogen-bond donors (Lipinski definition) is 2. The van der Waals surface area contributed by atoms with Crippen molar-refractivity contribution in [2.45, 2.75) is 37.7 Å². The zero-order valence-corrected chi connectivity index (χ0v) is 7.70. The lowest BCUT2D eigenvalue weighted by atomic mass is 9.83. The average Bonchev–Trinajstić information content (AvgIpc) is 2.55. The van der Waals surface area contributed by atoms with Crippen molar-refractivity contribution in [3.8, 4) is 0 Å². The molecule has 1 fully saturated rings. The summed E-state index contributed by atoms with van der Waals surface area (Å²) in [5, 5.41) is 18.6. The summed E-state index contributed by atoms with van der Waals surface area (Å²) in [6.45, 7) is 3.52. The number of aliphatic hydroxyl groups is 1. The van der Waals surface area contributed by atoms with E-state index in [1.807, 2.05) is 0 Å². The molecule has 74 valence electrons. The molecule has 3 nitrogen and oxygen atoms in total. The zero-order valence-electron chi connectivity index (χ0n) is 7.70. The minimum atomic E-state index is -1.19. The van der Waals surface area contributed by atoms with Crippen molar-refractivity contribution in [3.05, 3.63) is 12.7 Å². The maximum Gasteiger partial charge on any atom is 0.306 e. The molecule has 0 aromatic carbocycles. The van der Waals surface area contributed by atoms with E-state index in [1.165, 1.54) is 6.08 Å². The summed E-state index contributed by atoms with van der Waals surface area (Å²) in [5.74, 6) is -0.879. The van der Waals surface area contributed by atoms with Crippen molar-refractivity contribution in [1.29, 1.82) is 0 Å². The molecular formula is C10H16O3. The molecule has 0 unspecified atom stereocenters. The van der Waals surface area contributed by atoms with Gasteiger partial charge in [-0.25, -0.2) is 0 Å². The first-order valence-corrected chi connectivity index (χ1v) is 4.66. The van der Waals surface area contributed by atoms with E-state index in [0.717, 1.165) is 25.7 Å². The van der Waals surface area contributed by atoms with Crippen LogP contribution in [0.5, 0.6) is 0 Å². The lowest BCUT2D eigenvalue weighted by Gasteiger charge is -2.29. The van der Waals surface area contributed by atoms with Gasteiger partial charge in [0.15, 0.2) is 0 Å². The van der Waals surface area contributed by atoms with Crippen LogP contribution in [0, 0.1) is 5.92 Å². The normalized spacial score (nSPS) is 22.5. The lowest BCUT2D eigenvalue weighted by Crippen LogP contribution is -2.36. The quantitative estimate of drug-likeness (QED) is 0.652. The number of rotatable bonds is 4. The number of hydrogen-bond acceptors (Lipinski definition) is 2. The molecule has 1 aliphatic carbocycles. The largest absolute Gasteiger partial charge is 0.481 e. The summed E-state index contributed by atoms with van der Waals surface area (Å²) in [7, 11) is 0. The van der Waals surface area contributed by atoms with Crippen molar-refractivity contribution in [2.75, 3.05) is 0 Å². The first-order valence-electron chi connectivity index (χ1n) is 4.66. The second-order valence-corrected chi connectivity index (χ2v) is 3.75. The van der Waals surface area contributed by atoms with Gasteiger partial charge in [0, 0.05) is 0 Å². The van der Waals surface area contributed by atoms with Gasteiger partial charge in [0.25, 0.3) is 0 Å². The third-order valence-electron chi connectivity index (χ3n) is 2.85. The zero-order chi connectivity index (χ0) is 9.90. The fourth-order valence-corrected chi connectivity index (χ4v) is 2.05. The molecule has 1 aliphatic rings. The van der Waals surface area contributed by atoms with Crippen LogP contribution in [0.2, 0.25) is 0 Å². The summed E-state index contributed by atoms with van der Waals surface area (Å²) >= 11 is 0. The van der Waals surface area contributed by atoms with Crippen molar-refractivity contribution in [2.24, 2.45) is 5.92 Å². The smallest absolute Gasteiger partial charge is 0.306 e. The van der Waals surface area contributed by atoms with Gasteiger partial charge in [-0.15, -0.1) is 6.58 Å². The fourth-order valence-electron chi connectivity index (χ4n) is 2.05. The molecule has 0 bridgehead atoms. The minimum Gasteiger partial charge on any atom is -0.481 e. The van der Waals surface area contributed by atoms with Crippen molar-refractivity contribution in [3.63, 3.8) is 0 Å². The molecule has 2 N–H and O–H groups in total. The Morgan fingerprint density at radius 2 is 2.08 bits per heavy atom. The van der Waals surface area contributed by atoms with Crippen molar-refractivity contribution in [1.82, 2.24) is 0 Å². The Morgan fingerprint density at radius 3 is 2.46 bits per heavy atom. The Labute approximate surface area is 78.1 Å². The molecule has 13 heavy (non-hydrogen) atoms. The molecular weight excluding hydrogens is 168 g/mol. The van der Waals surface area contributed by atoms with Crippen molar-refractivity contribution >= 4 is 5.97 Å². The van der Waals surface area contributed by atoms with Gasteiger partial charge in [0.2, 0.25) is 0 Å². The first-order chi connectivity index (χ1) is 6.08. The first kappa shape index (κ1) is 10.3. The Kier molecular flexibility index (Phi) is 3.09. The summed E-state index contributed by atoms with van der Waals surface area (Å²) < 4.78 is 0. The Bertz CT molecular complexity index is 206. The highest BCUT2D eigenvalue weighted by atomic mass is 16.4. The fraction of sp³-hybridized carbons (Fsp3) is 0.700. The molecule has 1 saturated carbocycles. The average molecular weight is 184 g/mol. The molecule has 0 aromatic heterocycles. The minimum absolute atomic E-state index is 0.0844. The van der Waals surface area contributed by atoms with Gasteiger partial charge in [-0.2, -0.15) is 0 Å². The molecule has 1 atom stereocenters. The third kappa shape index (κ3) is 2.31. The number of carboxylic acids is 1. The van der Waals surface area contributed by atoms with Gasteiger partial charge >= 0.3 is 5.97 Å². The van der Waals surface area contributed by atoms with Crippen LogP contribution in [0.25, 0.3) is 0 Å². The van der Waals surface area contributed by atoms with Crippen LogP contribution in [-0.4, -0.2) is 21.8 Å². The van der Waals surface area contributed by atoms with Gasteiger partial charge < -0.3 is 10.2 Å². The Balaban J connectivity index is 2.66. The van der Waals surface area contributed by atoms with E-state index in [2.05, 4.69) is 6.58 Å². The summed E-state index contributed by atoms with van der Waals surface area (Å²) in [4.78, 5) is 10.5. The van der Waals surface area contributed by atoms with E-state index in [0.29, 0.717) is 0 Å². The molecule has 0 saturated heterocycles. The maximum atomic E-state index is 10.5. The molecule has 0 spiro atoms. The molecule has 1 rings (SSSR count). The van der Waals surface area contributed by atoms with E-state index >= 15 is 0 Å². The Morgan fingerprint density at radius 1 is 1.54 bits per heavy atom. The predicted octanol–water partition coefficient (Wildman–Crippen LogP) is 1.57. The molecule has 0 radical (unpaired) electrons. The highest BCUT2D eigenvalue weighted by molar-refractivity contribution is 5.68. The van der Waals surface area contributed by atoms with E-state index in [-0.39, 0.29) is 12.3 Å². The number of carboxylic acid groups (broad SMARTS) is 1. The standard InChI is InChI=1S/C10H16O3/c1-2-10(13,7-9(11)12)8-5-3-4-6-8/h2,8,13H,1,3-7H2,(H,11,12)/t10-/m0/s1. The topological polar surface area (TPSA) is 57.5 Å². The Hall–Kier alpha value is -0.830. The van der Waals surface area contributed by atoms with Crippen LogP contribution in [0.4, 0.5) is 0 Å². The SMILES string of the molecule is C=C[C@](O)(CC(=O)O)C1CCCC1. The van der Waals surface area contributed by atoms with Crippen LogP contribution in [0.1, 0.15) is 32.1 Å². The third-order valence-corrected chi connectivity index (χ3v) is 2.85. The van der Waals surface area contributed by atoms with Crippen molar-refractivity contribution < 1.29 is 15.0 Å². The van der Waals surface area contributed by atoms with Crippen LogP contribution in [-0.2, 0) is 4.79 Å². The predicted molar refractivity (Wildman–Crippen MR) is 49.4 cm³/mol. The van der Waals surface area contributed by atoms with Gasteiger partial charge in [-0.1, -0.05) is 18.9 Å². The number of aliphatic carboxylic acids is 1. The second kappa shape index (κ2) is 3.92. The maximum absolute atomic E-state index is 10.5. The van der Waals surface area contributed by atoms with E-state index in [4.69, 9.17) is 5.11 Å². The van der Waals surface area contributed by atoms with E-state index < -0.39 is 11.6 Å². The van der Waals surface area contributed by atoms with Crippen LogP contribution >= 0.6 is 0 Å². The van der Waals surface area contributed by atoms with E-state index in [9.17, 15) is 9.90 Å². The highest BCUT2D eigenvalue weighted by Crippen LogP contribution is 2.36. The molecule has 0 heterocycles. The van der Waals surface area contributed by atoms with Crippen LogP contribution < -0.4 is 0 Å². The lowest BCUT2D eigenvalue weighted by molar-refractivity contribution is -0.142. The van der Waals surface area contributed by atoms with Crippen LogP contribution in [0.3, 0.4) is 0 Å². The molecule has 0 amide bonds. The highest BCUT2D eigenvalue weighted by Gasteiger charge is 2.37. The van der Waals surface area contributed by atoms with Gasteiger partial charge in [-0.05, 0) is 18.8 Å². The van der Waals surface area contributed by atoms with Gasteiger partial charge in [0.05, 0.1) is 12.0 Å². The molecule has 0 aliphatic heterocycles. The second-order valence-electron chi connectivity index (χ2n) is 3.75. The van der Waals surface area contributed by atoms with E-state index in [1.54, 1.807) is 0 Å². The molecule has 3 heteroatoms. The van der Waals surface area contributed by atoms with Gasteiger partial charge in [-0.3, -0.25) is 4.79 Å². The molecule has 0 aromatic rings. The van der Waals surface area contributed by atoms with Crippen LogP contribution in [0.15, 0.2) is 12.7 Å². The summed E-state index contributed by atoms with van der Waals surface area (Å²) in [6.07, 6.45) is 5.16. The monoisotopic (exact) mass is 184 g/mol. The summed E-state index contributed by atoms with van der Waals surface area (Å²) in [5.41, 5.74) is -1.19.